The summed E-state index contributed by atoms with van der Waals surface area (Å²) in [5.74, 6) is -0.844. The first-order valence-corrected chi connectivity index (χ1v) is 5.56. The highest BCUT2D eigenvalue weighted by atomic mass is 16.8. The van der Waals surface area contributed by atoms with Crippen molar-refractivity contribution in [2.75, 3.05) is 6.61 Å². The van der Waals surface area contributed by atoms with Crippen LogP contribution < -0.4 is 0 Å². The SMILES string of the molecule is CCOC(=O)[C@@H]1CC[C@@H]2OC(C)(C)O[C@@H]21. The Morgan fingerprint density at radius 2 is 2.13 bits per heavy atom. The smallest absolute Gasteiger partial charge is 0.311 e. The second-order valence-corrected chi connectivity index (χ2v) is 4.57. The number of esters is 1. The molecule has 0 aromatic heterocycles. The van der Waals surface area contributed by atoms with E-state index in [4.69, 9.17) is 14.2 Å². The Morgan fingerprint density at radius 1 is 1.40 bits per heavy atom. The fourth-order valence-electron chi connectivity index (χ4n) is 2.44. The van der Waals surface area contributed by atoms with Crippen LogP contribution in [0.25, 0.3) is 0 Å². The molecule has 0 amide bonds. The molecule has 2 aliphatic rings. The van der Waals surface area contributed by atoms with E-state index in [9.17, 15) is 4.79 Å². The van der Waals surface area contributed by atoms with Crippen LogP contribution in [-0.2, 0) is 19.0 Å². The molecular formula is C11H18O4. The minimum absolute atomic E-state index is 0.0643. The zero-order valence-corrected chi connectivity index (χ0v) is 9.49. The summed E-state index contributed by atoms with van der Waals surface area (Å²) in [6, 6.07) is 0. The van der Waals surface area contributed by atoms with Gasteiger partial charge < -0.3 is 14.2 Å². The third kappa shape index (κ3) is 2.01. The number of carbonyl (C=O) groups is 1. The topological polar surface area (TPSA) is 44.8 Å². The lowest BCUT2D eigenvalue weighted by Crippen LogP contribution is -2.31. The quantitative estimate of drug-likeness (QED) is 0.653. The van der Waals surface area contributed by atoms with E-state index in [0.29, 0.717) is 6.61 Å². The minimum Gasteiger partial charge on any atom is -0.466 e. The first kappa shape index (κ1) is 10.9. The number of rotatable bonds is 2. The van der Waals surface area contributed by atoms with Crippen LogP contribution in [-0.4, -0.2) is 30.6 Å². The molecule has 1 saturated heterocycles. The van der Waals surface area contributed by atoms with Gasteiger partial charge in [-0.2, -0.15) is 0 Å². The van der Waals surface area contributed by atoms with E-state index in [2.05, 4.69) is 0 Å². The van der Waals surface area contributed by atoms with Gasteiger partial charge in [-0.15, -0.1) is 0 Å². The fourth-order valence-corrected chi connectivity index (χ4v) is 2.44. The van der Waals surface area contributed by atoms with E-state index in [1.165, 1.54) is 0 Å². The maximum absolute atomic E-state index is 11.6. The van der Waals surface area contributed by atoms with Crippen molar-refractivity contribution in [1.29, 1.82) is 0 Å². The minimum atomic E-state index is -0.555. The Hall–Kier alpha value is -0.610. The van der Waals surface area contributed by atoms with Gasteiger partial charge in [0.05, 0.1) is 18.6 Å². The molecule has 4 nitrogen and oxygen atoms in total. The Morgan fingerprint density at radius 3 is 2.80 bits per heavy atom. The van der Waals surface area contributed by atoms with Crippen LogP contribution in [0, 0.1) is 5.92 Å². The molecule has 2 fully saturated rings. The number of ether oxygens (including phenoxy) is 3. The third-order valence-corrected chi connectivity index (χ3v) is 2.97. The molecule has 0 aromatic rings. The van der Waals surface area contributed by atoms with Gasteiger partial charge in [-0.1, -0.05) is 0 Å². The molecular weight excluding hydrogens is 196 g/mol. The van der Waals surface area contributed by atoms with Crippen LogP contribution >= 0.6 is 0 Å². The molecule has 1 aliphatic heterocycles. The van der Waals surface area contributed by atoms with Crippen molar-refractivity contribution in [1.82, 2.24) is 0 Å². The van der Waals surface area contributed by atoms with Gasteiger partial charge in [-0.05, 0) is 33.6 Å². The standard InChI is InChI=1S/C11H18O4/c1-4-13-10(12)7-5-6-8-9(7)15-11(2,3)14-8/h7-9H,4-6H2,1-3H3/t7-,8+,9-/m1/s1. The van der Waals surface area contributed by atoms with Gasteiger partial charge in [0.25, 0.3) is 0 Å². The average Bonchev–Trinajstić information content (AvgIpc) is 2.59. The molecule has 0 spiro atoms. The molecule has 0 bridgehead atoms. The van der Waals surface area contributed by atoms with Crippen molar-refractivity contribution in [3.8, 4) is 0 Å². The molecule has 15 heavy (non-hydrogen) atoms. The predicted molar refractivity (Wildman–Crippen MR) is 53.2 cm³/mol. The summed E-state index contributed by atoms with van der Waals surface area (Å²) in [5, 5.41) is 0. The van der Waals surface area contributed by atoms with Crippen molar-refractivity contribution in [2.45, 2.75) is 51.6 Å². The highest BCUT2D eigenvalue weighted by molar-refractivity contribution is 5.73. The summed E-state index contributed by atoms with van der Waals surface area (Å²) in [7, 11) is 0. The van der Waals surface area contributed by atoms with Crippen LogP contribution in [0.2, 0.25) is 0 Å². The Labute approximate surface area is 89.9 Å². The van der Waals surface area contributed by atoms with Crippen LogP contribution in [0.1, 0.15) is 33.6 Å². The van der Waals surface area contributed by atoms with Crippen molar-refractivity contribution < 1.29 is 19.0 Å². The Bertz CT molecular complexity index is 261. The second kappa shape index (κ2) is 3.76. The van der Waals surface area contributed by atoms with Crippen molar-refractivity contribution in [2.24, 2.45) is 5.92 Å². The summed E-state index contributed by atoms with van der Waals surface area (Å²) in [5.41, 5.74) is 0. The van der Waals surface area contributed by atoms with Gasteiger partial charge in [0.1, 0.15) is 6.10 Å². The van der Waals surface area contributed by atoms with Crippen LogP contribution in [0.4, 0.5) is 0 Å². The van der Waals surface area contributed by atoms with Gasteiger partial charge in [-0.3, -0.25) is 4.79 Å². The first-order valence-electron chi connectivity index (χ1n) is 5.56. The zero-order valence-electron chi connectivity index (χ0n) is 9.49. The number of hydrogen-bond donors (Lipinski definition) is 0. The third-order valence-electron chi connectivity index (χ3n) is 2.97. The van der Waals surface area contributed by atoms with Gasteiger partial charge in [0.15, 0.2) is 5.79 Å². The van der Waals surface area contributed by atoms with E-state index in [0.717, 1.165) is 12.8 Å². The molecule has 86 valence electrons. The Balaban J connectivity index is 2.02. The first-order chi connectivity index (χ1) is 7.03. The predicted octanol–water partition coefficient (Wildman–Crippen LogP) is 1.48. The van der Waals surface area contributed by atoms with Crippen molar-refractivity contribution in [3.63, 3.8) is 0 Å². The molecule has 3 atom stereocenters. The van der Waals surface area contributed by atoms with Crippen molar-refractivity contribution in [3.05, 3.63) is 0 Å². The molecule has 1 aliphatic carbocycles. The summed E-state index contributed by atoms with van der Waals surface area (Å²) < 4.78 is 16.5. The van der Waals surface area contributed by atoms with E-state index < -0.39 is 5.79 Å². The average molecular weight is 214 g/mol. The molecule has 0 N–H and O–H groups in total. The van der Waals surface area contributed by atoms with E-state index >= 15 is 0 Å². The summed E-state index contributed by atoms with van der Waals surface area (Å²) >= 11 is 0. The van der Waals surface area contributed by atoms with Crippen LogP contribution in [0.3, 0.4) is 0 Å². The van der Waals surface area contributed by atoms with Gasteiger partial charge >= 0.3 is 5.97 Å². The van der Waals surface area contributed by atoms with Crippen LogP contribution in [0.5, 0.6) is 0 Å². The van der Waals surface area contributed by atoms with E-state index in [-0.39, 0.29) is 24.1 Å². The number of hydrogen-bond acceptors (Lipinski definition) is 4. The second-order valence-electron chi connectivity index (χ2n) is 4.57. The lowest BCUT2D eigenvalue weighted by molar-refractivity contribution is -0.168. The fraction of sp³-hybridized carbons (Fsp3) is 0.909. The molecule has 4 heteroatoms. The molecule has 1 heterocycles. The van der Waals surface area contributed by atoms with Gasteiger partial charge in [0, 0.05) is 0 Å². The molecule has 2 rings (SSSR count). The normalized spacial score (nSPS) is 37.7. The Kier molecular flexibility index (Phi) is 2.73. The monoisotopic (exact) mass is 214 g/mol. The summed E-state index contributed by atoms with van der Waals surface area (Å²) in [4.78, 5) is 11.6. The van der Waals surface area contributed by atoms with Gasteiger partial charge in [-0.25, -0.2) is 0 Å². The highest BCUT2D eigenvalue weighted by Crippen LogP contribution is 2.41. The van der Waals surface area contributed by atoms with Crippen LogP contribution in [0.15, 0.2) is 0 Å². The van der Waals surface area contributed by atoms with E-state index in [1.54, 1.807) is 0 Å². The number of fused-ring (bicyclic) bond motifs is 1. The molecule has 0 unspecified atom stereocenters. The van der Waals surface area contributed by atoms with E-state index in [1.807, 2.05) is 20.8 Å². The summed E-state index contributed by atoms with van der Waals surface area (Å²) in [6.07, 6.45) is 1.65. The largest absolute Gasteiger partial charge is 0.466 e. The van der Waals surface area contributed by atoms with Gasteiger partial charge in [0.2, 0.25) is 0 Å². The zero-order chi connectivity index (χ0) is 11.1. The maximum Gasteiger partial charge on any atom is 0.311 e. The highest BCUT2D eigenvalue weighted by Gasteiger charge is 2.51. The lowest BCUT2D eigenvalue weighted by atomic mass is 10.1. The van der Waals surface area contributed by atoms with Crippen molar-refractivity contribution >= 4 is 5.97 Å². The summed E-state index contributed by atoms with van der Waals surface area (Å²) in [6.45, 7) is 6.01. The maximum atomic E-state index is 11.6. The molecule has 1 saturated carbocycles. The molecule has 0 aromatic carbocycles. The number of carbonyl (C=O) groups excluding carboxylic acids is 1. The lowest BCUT2D eigenvalue weighted by Gasteiger charge is -2.20. The molecule has 0 radical (unpaired) electrons.